The van der Waals surface area contributed by atoms with Gasteiger partial charge in [0.15, 0.2) is 0 Å². The van der Waals surface area contributed by atoms with Crippen LogP contribution in [-0.2, 0) is 6.42 Å². The Labute approximate surface area is 226 Å². The number of nitrogens with zero attached hydrogens (tertiary/aromatic N) is 4. The molecular weight excluding hydrogens is 478 g/mol. The molecule has 1 aromatic heterocycles. The van der Waals surface area contributed by atoms with E-state index >= 15 is 0 Å². The van der Waals surface area contributed by atoms with Crippen LogP contribution in [0, 0.1) is 20.8 Å². The number of carbonyl (C=O) groups is 1. The number of rotatable bonds is 10. The first kappa shape index (κ1) is 27.7. The quantitative estimate of drug-likeness (QED) is 0.425. The number of hydrogen-bond acceptors (Lipinski definition) is 6. The fourth-order valence-corrected chi connectivity index (χ4v) is 5.21. The highest BCUT2D eigenvalue weighted by Crippen LogP contribution is 2.27. The molecule has 2 heterocycles. The van der Waals surface area contributed by atoms with Crippen LogP contribution in [0.1, 0.15) is 46.5 Å². The first-order valence-electron chi connectivity index (χ1n) is 13.5. The SMILES string of the molecule is CCCc1nc(C(=O)NCC(O)CN2CCN(c3cccc(C)c3C)CC2)c(C)n1-c1ccccc1OC. The molecule has 1 aliphatic rings. The molecule has 1 saturated heterocycles. The molecule has 1 fully saturated rings. The van der Waals surface area contributed by atoms with Gasteiger partial charge >= 0.3 is 0 Å². The van der Waals surface area contributed by atoms with Crippen molar-refractivity contribution in [3.05, 3.63) is 70.8 Å². The zero-order valence-electron chi connectivity index (χ0n) is 23.3. The Morgan fingerprint density at radius 1 is 1.05 bits per heavy atom. The Hall–Kier alpha value is -3.36. The first-order valence-corrected chi connectivity index (χ1v) is 13.5. The molecule has 8 heteroatoms. The van der Waals surface area contributed by atoms with E-state index < -0.39 is 6.10 Å². The Morgan fingerprint density at radius 2 is 1.76 bits per heavy atom. The van der Waals surface area contributed by atoms with Crippen molar-refractivity contribution in [1.29, 1.82) is 0 Å². The second kappa shape index (κ2) is 12.5. The molecule has 2 aromatic carbocycles. The molecule has 0 radical (unpaired) electrons. The van der Waals surface area contributed by atoms with Crippen LogP contribution in [0.3, 0.4) is 0 Å². The van der Waals surface area contributed by atoms with E-state index in [0.29, 0.717) is 12.2 Å². The highest BCUT2D eigenvalue weighted by atomic mass is 16.5. The third kappa shape index (κ3) is 6.03. The summed E-state index contributed by atoms with van der Waals surface area (Å²) in [5.74, 6) is 1.28. The Bertz CT molecular complexity index is 1250. The number of aliphatic hydroxyl groups is 1. The molecule has 1 amide bonds. The van der Waals surface area contributed by atoms with Crippen molar-refractivity contribution in [2.24, 2.45) is 0 Å². The summed E-state index contributed by atoms with van der Waals surface area (Å²) in [5.41, 5.74) is 5.93. The second-order valence-electron chi connectivity index (χ2n) is 10.1. The molecule has 3 aromatic rings. The molecular formula is C30H41N5O3. The van der Waals surface area contributed by atoms with Crippen molar-refractivity contribution in [2.45, 2.75) is 46.6 Å². The molecule has 2 N–H and O–H groups in total. The number of aromatic nitrogens is 2. The number of β-amino-alcohol motifs (C(OH)–C–C–N with tert-alkyl or cyclic N) is 1. The summed E-state index contributed by atoms with van der Waals surface area (Å²) in [5, 5.41) is 13.6. The lowest BCUT2D eigenvalue weighted by molar-refractivity contribution is 0.0847. The normalized spacial score (nSPS) is 14.9. The maximum Gasteiger partial charge on any atom is 0.271 e. The number of carbonyl (C=O) groups excluding carboxylic acids is 1. The first-order chi connectivity index (χ1) is 18.3. The lowest BCUT2D eigenvalue weighted by atomic mass is 10.1. The smallest absolute Gasteiger partial charge is 0.271 e. The van der Waals surface area contributed by atoms with E-state index in [1.165, 1.54) is 16.8 Å². The summed E-state index contributed by atoms with van der Waals surface area (Å²) < 4.78 is 7.56. The van der Waals surface area contributed by atoms with Gasteiger partial charge < -0.3 is 20.1 Å². The van der Waals surface area contributed by atoms with Gasteiger partial charge in [-0.1, -0.05) is 31.2 Å². The highest BCUT2D eigenvalue weighted by Gasteiger charge is 2.24. The molecule has 38 heavy (non-hydrogen) atoms. The largest absolute Gasteiger partial charge is 0.495 e. The minimum atomic E-state index is -0.655. The fraction of sp³-hybridized carbons (Fsp3) is 0.467. The number of para-hydroxylation sites is 2. The monoisotopic (exact) mass is 519 g/mol. The summed E-state index contributed by atoms with van der Waals surface area (Å²) in [6.45, 7) is 12.6. The van der Waals surface area contributed by atoms with Gasteiger partial charge in [-0.25, -0.2) is 4.98 Å². The minimum absolute atomic E-state index is 0.181. The average molecular weight is 520 g/mol. The van der Waals surface area contributed by atoms with Crippen LogP contribution in [0.5, 0.6) is 5.75 Å². The van der Waals surface area contributed by atoms with Gasteiger partial charge in [-0.2, -0.15) is 0 Å². The van der Waals surface area contributed by atoms with Crippen molar-refractivity contribution >= 4 is 11.6 Å². The van der Waals surface area contributed by atoms with Crippen molar-refractivity contribution in [1.82, 2.24) is 19.8 Å². The standard InChI is InChI=1S/C30H41N5O3/c1-6-10-28-32-29(23(4)35(28)26-12-7-8-14-27(26)38-5)30(37)31-19-24(36)20-33-15-17-34(18-16-33)25-13-9-11-21(2)22(25)3/h7-9,11-14,24,36H,6,10,15-20H2,1-5H3,(H,31,37). The predicted octanol–water partition coefficient (Wildman–Crippen LogP) is 3.67. The van der Waals surface area contributed by atoms with Crippen LogP contribution < -0.4 is 15.0 Å². The van der Waals surface area contributed by atoms with Gasteiger partial charge in [-0.15, -0.1) is 0 Å². The number of methoxy groups -OCH3 is 1. The summed E-state index contributed by atoms with van der Waals surface area (Å²) in [7, 11) is 1.64. The van der Waals surface area contributed by atoms with Crippen molar-refractivity contribution in [3.63, 3.8) is 0 Å². The topological polar surface area (TPSA) is 82.9 Å². The van der Waals surface area contributed by atoms with Gasteiger partial charge in [0.1, 0.15) is 17.3 Å². The van der Waals surface area contributed by atoms with Gasteiger partial charge in [0.25, 0.3) is 5.91 Å². The maximum absolute atomic E-state index is 13.1. The summed E-state index contributed by atoms with van der Waals surface area (Å²) >= 11 is 0. The minimum Gasteiger partial charge on any atom is -0.495 e. The number of piperazine rings is 1. The molecule has 1 aliphatic heterocycles. The number of aliphatic hydroxyl groups excluding tert-OH is 1. The zero-order valence-corrected chi connectivity index (χ0v) is 23.3. The van der Waals surface area contributed by atoms with E-state index in [2.05, 4.69) is 54.1 Å². The molecule has 0 aliphatic carbocycles. The molecule has 8 nitrogen and oxygen atoms in total. The van der Waals surface area contributed by atoms with E-state index in [9.17, 15) is 9.90 Å². The van der Waals surface area contributed by atoms with Crippen molar-refractivity contribution in [2.75, 3.05) is 51.3 Å². The van der Waals surface area contributed by atoms with Crippen LogP contribution in [-0.4, -0.2) is 77.9 Å². The number of ether oxygens (including phenoxy) is 1. The molecule has 0 saturated carbocycles. The molecule has 204 valence electrons. The summed E-state index contributed by atoms with van der Waals surface area (Å²) in [4.78, 5) is 22.5. The van der Waals surface area contributed by atoms with Crippen molar-refractivity contribution in [3.8, 4) is 11.4 Å². The molecule has 4 rings (SSSR count). The number of aryl methyl sites for hydroxylation is 2. The Kier molecular flexibility index (Phi) is 9.07. The van der Waals surface area contributed by atoms with Gasteiger partial charge in [0.2, 0.25) is 0 Å². The van der Waals surface area contributed by atoms with E-state index in [-0.39, 0.29) is 12.5 Å². The lowest BCUT2D eigenvalue weighted by Gasteiger charge is -2.37. The number of imidazole rings is 1. The Morgan fingerprint density at radius 3 is 2.47 bits per heavy atom. The molecule has 0 spiro atoms. The van der Waals surface area contributed by atoms with E-state index in [1.807, 2.05) is 35.8 Å². The summed E-state index contributed by atoms with van der Waals surface area (Å²) in [6, 6.07) is 14.2. The molecule has 1 atom stereocenters. The lowest BCUT2D eigenvalue weighted by Crippen LogP contribution is -2.50. The maximum atomic E-state index is 13.1. The average Bonchev–Trinajstić information content (AvgIpc) is 3.25. The van der Waals surface area contributed by atoms with Gasteiger partial charge in [-0.3, -0.25) is 14.3 Å². The Balaban J connectivity index is 1.35. The van der Waals surface area contributed by atoms with E-state index in [1.54, 1.807) is 7.11 Å². The van der Waals surface area contributed by atoms with Gasteiger partial charge in [0.05, 0.1) is 24.6 Å². The second-order valence-corrected chi connectivity index (χ2v) is 10.1. The van der Waals surface area contributed by atoms with Gasteiger partial charge in [-0.05, 0) is 56.5 Å². The third-order valence-corrected chi connectivity index (χ3v) is 7.45. The molecule has 0 bridgehead atoms. The van der Waals surface area contributed by atoms with Crippen molar-refractivity contribution < 1.29 is 14.6 Å². The van der Waals surface area contributed by atoms with Crippen LogP contribution >= 0.6 is 0 Å². The zero-order chi connectivity index (χ0) is 27.2. The van der Waals surface area contributed by atoms with Gasteiger partial charge in [0, 0.05) is 51.4 Å². The number of hydrogen-bond donors (Lipinski definition) is 2. The van der Waals surface area contributed by atoms with Crippen LogP contribution in [0.2, 0.25) is 0 Å². The number of benzene rings is 2. The highest BCUT2D eigenvalue weighted by molar-refractivity contribution is 5.93. The summed E-state index contributed by atoms with van der Waals surface area (Å²) in [6.07, 6.45) is 0.989. The number of amides is 1. The molecule has 1 unspecified atom stereocenters. The van der Waals surface area contributed by atoms with E-state index in [0.717, 1.165) is 62.0 Å². The van der Waals surface area contributed by atoms with Crippen LogP contribution in [0.25, 0.3) is 5.69 Å². The third-order valence-electron chi connectivity index (χ3n) is 7.45. The van der Waals surface area contributed by atoms with Crippen LogP contribution in [0.15, 0.2) is 42.5 Å². The number of nitrogens with one attached hydrogen (secondary N) is 1. The van der Waals surface area contributed by atoms with E-state index in [4.69, 9.17) is 9.72 Å². The predicted molar refractivity (Wildman–Crippen MR) is 152 cm³/mol. The fourth-order valence-electron chi connectivity index (χ4n) is 5.21. The van der Waals surface area contributed by atoms with Crippen LogP contribution in [0.4, 0.5) is 5.69 Å². The number of anilines is 1.